The van der Waals surface area contributed by atoms with Crippen LogP contribution in [-0.2, 0) is 16.6 Å². The molecule has 0 amide bonds. The van der Waals surface area contributed by atoms with Gasteiger partial charge in [0, 0.05) is 11.7 Å². The fraction of sp³-hybridized carbons (Fsp3) is 0.588. The molecule has 0 radical (unpaired) electrons. The van der Waals surface area contributed by atoms with Gasteiger partial charge in [-0.05, 0) is 35.1 Å². The summed E-state index contributed by atoms with van der Waals surface area (Å²) in [4.78, 5) is 10.4. The van der Waals surface area contributed by atoms with Crippen molar-refractivity contribution in [1.82, 2.24) is 0 Å². The van der Waals surface area contributed by atoms with E-state index in [-0.39, 0.29) is 5.41 Å². The zero-order valence-corrected chi connectivity index (χ0v) is 13.4. The van der Waals surface area contributed by atoms with E-state index in [1.165, 1.54) is 17.5 Å². The SMILES string of the molecule is CC(CC=O)SCCCc1ccc(C(C)(C)C)cc1. The van der Waals surface area contributed by atoms with E-state index >= 15 is 0 Å². The molecule has 1 nitrogen and oxygen atoms in total. The molecule has 0 aliphatic rings. The zero-order chi connectivity index (χ0) is 14.3. The van der Waals surface area contributed by atoms with Crippen LogP contribution in [0, 0.1) is 0 Å². The predicted octanol–water partition coefficient (Wildman–Crippen LogP) is 4.63. The predicted molar refractivity (Wildman–Crippen MR) is 86.1 cm³/mol. The Balaban J connectivity index is 2.32. The Morgan fingerprint density at radius 1 is 1.21 bits per heavy atom. The maximum atomic E-state index is 10.4. The van der Waals surface area contributed by atoms with E-state index in [2.05, 4.69) is 52.0 Å². The molecular weight excluding hydrogens is 252 g/mol. The zero-order valence-electron chi connectivity index (χ0n) is 12.6. The van der Waals surface area contributed by atoms with Gasteiger partial charge in [-0.1, -0.05) is 52.0 Å². The van der Waals surface area contributed by atoms with E-state index in [1.807, 2.05) is 11.8 Å². The third-order valence-corrected chi connectivity index (χ3v) is 4.55. The third kappa shape index (κ3) is 6.29. The molecule has 0 saturated carbocycles. The number of carbonyl (C=O) groups excluding carboxylic acids is 1. The Kier molecular flexibility index (Phi) is 6.64. The summed E-state index contributed by atoms with van der Waals surface area (Å²) < 4.78 is 0. The van der Waals surface area contributed by atoms with Gasteiger partial charge in [-0.15, -0.1) is 0 Å². The Bertz CT molecular complexity index is 375. The van der Waals surface area contributed by atoms with Crippen molar-refractivity contribution >= 4 is 18.0 Å². The number of aldehydes is 1. The maximum Gasteiger partial charge on any atom is 0.121 e. The summed E-state index contributed by atoms with van der Waals surface area (Å²) in [5.74, 6) is 1.13. The molecule has 1 aromatic carbocycles. The lowest BCUT2D eigenvalue weighted by molar-refractivity contribution is -0.107. The highest BCUT2D eigenvalue weighted by Gasteiger charge is 2.12. The average Bonchev–Trinajstić information content (AvgIpc) is 2.34. The molecule has 0 heterocycles. The smallest absolute Gasteiger partial charge is 0.121 e. The van der Waals surface area contributed by atoms with Crippen LogP contribution in [0.2, 0.25) is 0 Å². The lowest BCUT2D eigenvalue weighted by Gasteiger charge is -2.19. The van der Waals surface area contributed by atoms with Crippen LogP contribution >= 0.6 is 11.8 Å². The van der Waals surface area contributed by atoms with E-state index in [9.17, 15) is 4.79 Å². The van der Waals surface area contributed by atoms with Gasteiger partial charge in [-0.3, -0.25) is 0 Å². The molecule has 1 unspecified atom stereocenters. The molecule has 106 valence electrons. The molecule has 2 heteroatoms. The van der Waals surface area contributed by atoms with Crippen molar-refractivity contribution in [3.8, 4) is 0 Å². The van der Waals surface area contributed by atoms with Gasteiger partial charge < -0.3 is 4.79 Å². The minimum atomic E-state index is 0.235. The van der Waals surface area contributed by atoms with E-state index in [1.54, 1.807) is 0 Å². The minimum absolute atomic E-state index is 0.235. The highest BCUT2D eigenvalue weighted by Crippen LogP contribution is 2.22. The number of rotatable bonds is 7. The number of hydrogen-bond acceptors (Lipinski definition) is 2. The topological polar surface area (TPSA) is 17.1 Å². The molecule has 1 rings (SSSR count). The lowest BCUT2D eigenvalue weighted by Crippen LogP contribution is -2.10. The second kappa shape index (κ2) is 7.74. The fourth-order valence-corrected chi connectivity index (χ4v) is 2.86. The van der Waals surface area contributed by atoms with Crippen LogP contribution in [0.1, 0.15) is 51.7 Å². The number of hydrogen-bond donors (Lipinski definition) is 0. The first-order chi connectivity index (χ1) is 8.93. The first kappa shape index (κ1) is 16.3. The second-order valence-corrected chi connectivity index (χ2v) is 7.68. The Labute approximate surface area is 122 Å². The quantitative estimate of drug-likeness (QED) is 0.534. The normalized spacial score (nSPS) is 13.3. The van der Waals surface area contributed by atoms with Gasteiger partial charge in [-0.25, -0.2) is 0 Å². The molecule has 0 aliphatic carbocycles. The van der Waals surface area contributed by atoms with E-state index in [0.717, 1.165) is 18.5 Å². The van der Waals surface area contributed by atoms with Gasteiger partial charge in [0.05, 0.1) is 0 Å². The standard InChI is InChI=1S/C17H26OS/c1-14(11-12-18)19-13-5-6-15-7-9-16(10-8-15)17(2,3)4/h7-10,12,14H,5-6,11,13H2,1-4H3. The van der Waals surface area contributed by atoms with E-state index in [0.29, 0.717) is 11.7 Å². The molecule has 0 N–H and O–H groups in total. The van der Waals surface area contributed by atoms with Gasteiger partial charge in [-0.2, -0.15) is 11.8 Å². The van der Waals surface area contributed by atoms with Gasteiger partial charge in [0.1, 0.15) is 6.29 Å². The van der Waals surface area contributed by atoms with Crippen LogP contribution in [-0.4, -0.2) is 17.3 Å². The van der Waals surface area contributed by atoms with Crippen LogP contribution in [0.25, 0.3) is 0 Å². The Morgan fingerprint density at radius 3 is 2.37 bits per heavy atom. The molecule has 0 spiro atoms. The van der Waals surface area contributed by atoms with Crippen LogP contribution in [0.3, 0.4) is 0 Å². The first-order valence-corrected chi connectivity index (χ1v) is 8.13. The van der Waals surface area contributed by atoms with Crippen molar-refractivity contribution in [2.45, 2.75) is 57.6 Å². The fourth-order valence-electron chi connectivity index (χ4n) is 1.94. The van der Waals surface area contributed by atoms with Gasteiger partial charge in [0.15, 0.2) is 0 Å². The van der Waals surface area contributed by atoms with Crippen molar-refractivity contribution < 1.29 is 4.79 Å². The van der Waals surface area contributed by atoms with Crippen LogP contribution in [0.15, 0.2) is 24.3 Å². The maximum absolute atomic E-state index is 10.4. The van der Waals surface area contributed by atoms with Crippen molar-refractivity contribution in [1.29, 1.82) is 0 Å². The molecule has 0 aliphatic heterocycles. The summed E-state index contributed by atoms with van der Waals surface area (Å²) in [6.45, 7) is 8.85. The summed E-state index contributed by atoms with van der Waals surface area (Å²) in [5.41, 5.74) is 3.04. The molecule has 19 heavy (non-hydrogen) atoms. The number of benzene rings is 1. The van der Waals surface area contributed by atoms with Gasteiger partial charge in [0.25, 0.3) is 0 Å². The lowest BCUT2D eigenvalue weighted by atomic mass is 9.86. The monoisotopic (exact) mass is 278 g/mol. The number of thioether (sulfide) groups is 1. The molecule has 0 saturated heterocycles. The van der Waals surface area contributed by atoms with Crippen molar-refractivity contribution in [2.75, 3.05) is 5.75 Å². The summed E-state index contributed by atoms with van der Waals surface area (Å²) >= 11 is 1.90. The van der Waals surface area contributed by atoms with E-state index < -0.39 is 0 Å². The molecule has 0 aromatic heterocycles. The summed E-state index contributed by atoms with van der Waals surface area (Å²) in [6.07, 6.45) is 4.00. The highest BCUT2D eigenvalue weighted by atomic mass is 32.2. The average molecular weight is 278 g/mol. The Hall–Kier alpha value is -0.760. The first-order valence-electron chi connectivity index (χ1n) is 7.08. The van der Waals surface area contributed by atoms with Gasteiger partial charge in [0.2, 0.25) is 0 Å². The third-order valence-electron chi connectivity index (χ3n) is 3.26. The van der Waals surface area contributed by atoms with Gasteiger partial charge >= 0.3 is 0 Å². The van der Waals surface area contributed by atoms with Crippen molar-refractivity contribution in [2.24, 2.45) is 0 Å². The molecule has 1 atom stereocenters. The van der Waals surface area contributed by atoms with Crippen LogP contribution < -0.4 is 0 Å². The molecule has 1 aromatic rings. The van der Waals surface area contributed by atoms with Crippen molar-refractivity contribution in [3.05, 3.63) is 35.4 Å². The van der Waals surface area contributed by atoms with Crippen LogP contribution in [0.5, 0.6) is 0 Å². The molecule has 0 fully saturated rings. The highest BCUT2D eigenvalue weighted by molar-refractivity contribution is 7.99. The minimum Gasteiger partial charge on any atom is -0.303 e. The largest absolute Gasteiger partial charge is 0.303 e. The molecular formula is C17H26OS. The summed E-state index contributed by atoms with van der Waals surface area (Å²) in [5, 5.41) is 0.459. The van der Waals surface area contributed by atoms with E-state index in [4.69, 9.17) is 0 Å². The summed E-state index contributed by atoms with van der Waals surface area (Å²) in [6, 6.07) is 9.00. The van der Waals surface area contributed by atoms with Crippen LogP contribution in [0.4, 0.5) is 0 Å². The molecule has 0 bridgehead atoms. The Morgan fingerprint density at radius 2 is 1.84 bits per heavy atom. The summed E-state index contributed by atoms with van der Waals surface area (Å²) in [7, 11) is 0. The van der Waals surface area contributed by atoms with Crippen molar-refractivity contribution in [3.63, 3.8) is 0 Å². The number of carbonyl (C=O) groups is 1. The number of aryl methyl sites for hydroxylation is 1. The second-order valence-electron chi connectivity index (χ2n) is 6.13.